The Bertz CT molecular complexity index is 841. The summed E-state index contributed by atoms with van der Waals surface area (Å²) in [5.41, 5.74) is 1.15. The molecule has 4 nitrogen and oxygen atoms in total. The van der Waals surface area contributed by atoms with Crippen molar-refractivity contribution >= 4 is 38.0 Å². The number of benzene rings is 1. The Kier molecular flexibility index (Phi) is 3.69. The van der Waals surface area contributed by atoms with Crippen molar-refractivity contribution in [1.82, 2.24) is 4.98 Å². The number of H-pyrrole nitrogens is 1. The van der Waals surface area contributed by atoms with Gasteiger partial charge in [-0.05, 0) is 23.6 Å². The highest BCUT2D eigenvalue weighted by molar-refractivity contribution is 7.94. The average molecular weight is 324 g/mol. The lowest BCUT2D eigenvalue weighted by molar-refractivity contribution is 0.500. The number of aromatic nitrogens is 1. The fourth-order valence-electron chi connectivity index (χ4n) is 2.24. The maximum Gasteiger partial charge on any atom is 0.273 e. The van der Waals surface area contributed by atoms with Gasteiger partial charge in [0.15, 0.2) is 0 Å². The first kappa shape index (κ1) is 14.1. The summed E-state index contributed by atoms with van der Waals surface area (Å²) in [6, 6.07) is 10.4. The number of para-hydroxylation sites is 1. The number of halogens is 1. The molecule has 2 aromatic heterocycles. The van der Waals surface area contributed by atoms with Gasteiger partial charge in [-0.1, -0.05) is 18.2 Å². The molecular weight excluding hydrogens is 311 g/mol. The molecule has 3 aromatic rings. The SMILES string of the molecule is O=S(=O)(c1cccs1)N(CCF)c1cccc2cc[nH]c12. The lowest BCUT2D eigenvalue weighted by atomic mass is 10.2. The van der Waals surface area contributed by atoms with Gasteiger partial charge in [0, 0.05) is 11.6 Å². The molecule has 21 heavy (non-hydrogen) atoms. The van der Waals surface area contributed by atoms with E-state index in [2.05, 4.69) is 4.98 Å². The molecule has 0 aliphatic rings. The van der Waals surface area contributed by atoms with E-state index < -0.39 is 16.7 Å². The zero-order chi connectivity index (χ0) is 14.9. The van der Waals surface area contributed by atoms with E-state index in [1.54, 1.807) is 29.8 Å². The molecule has 3 rings (SSSR count). The Labute approximate surface area is 125 Å². The van der Waals surface area contributed by atoms with Crippen LogP contribution in [0.3, 0.4) is 0 Å². The van der Waals surface area contributed by atoms with E-state index in [1.165, 1.54) is 6.07 Å². The van der Waals surface area contributed by atoms with E-state index in [-0.39, 0.29) is 10.8 Å². The van der Waals surface area contributed by atoms with Gasteiger partial charge in [-0.3, -0.25) is 4.31 Å². The monoisotopic (exact) mass is 324 g/mol. The van der Waals surface area contributed by atoms with Crippen molar-refractivity contribution < 1.29 is 12.8 Å². The van der Waals surface area contributed by atoms with E-state index in [0.717, 1.165) is 21.0 Å². The first-order valence-corrected chi connectivity index (χ1v) is 8.65. The molecule has 0 aliphatic heterocycles. The van der Waals surface area contributed by atoms with Crippen LogP contribution in [-0.2, 0) is 10.0 Å². The molecule has 0 amide bonds. The van der Waals surface area contributed by atoms with Gasteiger partial charge in [0.25, 0.3) is 10.0 Å². The van der Waals surface area contributed by atoms with Crippen LogP contribution in [0.5, 0.6) is 0 Å². The molecular formula is C14H13FN2O2S2. The van der Waals surface area contributed by atoms with Gasteiger partial charge in [-0.15, -0.1) is 11.3 Å². The Hall–Kier alpha value is -1.86. The van der Waals surface area contributed by atoms with Crippen molar-refractivity contribution in [3.63, 3.8) is 0 Å². The third kappa shape index (κ3) is 2.43. The van der Waals surface area contributed by atoms with Gasteiger partial charge in [-0.25, -0.2) is 12.8 Å². The van der Waals surface area contributed by atoms with Crippen molar-refractivity contribution in [2.75, 3.05) is 17.5 Å². The van der Waals surface area contributed by atoms with Crippen LogP contribution in [0, 0.1) is 0 Å². The van der Waals surface area contributed by atoms with Gasteiger partial charge in [0.05, 0.1) is 17.7 Å². The molecule has 0 aliphatic carbocycles. The smallest absolute Gasteiger partial charge is 0.273 e. The molecule has 0 radical (unpaired) electrons. The minimum absolute atomic E-state index is 0.208. The predicted octanol–water partition coefficient (Wildman–Crippen LogP) is 3.39. The van der Waals surface area contributed by atoms with Crippen LogP contribution in [0.25, 0.3) is 10.9 Å². The van der Waals surface area contributed by atoms with Crippen molar-refractivity contribution in [2.45, 2.75) is 4.21 Å². The number of sulfonamides is 1. The Morgan fingerprint density at radius 2 is 2.05 bits per heavy atom. The number of hydrogen-bond acceptors (Lipinski definition) is 3. The minimum Gasteiger partial charge on any atom is -0.359 e. The quantitative estimate of drug-likeness (QED) is 0.782. The van der Waals surface area contributed by atoms with Gasteiger partial charge < -0.3 is 4.98 Å². The minimum atomic E-state index is -3.75. The molecule has 0 saturated carbocycles. The van der Waals surface area contributed by atoms with Crippen molar-refractivity contribution in [3.8, 4) is 0 Å². The number of fused-ring (bicyclic) bond motifs is 1. The van der Waals surface area contributed by atoms with E-state index in [0.29, 0.717) is 11.2 Å². The van der Waals surface area contributed by atoms with Crippen LogP contribution < -0.4 is 4.31 Å². The third-order valence-corrected chi connectivity index (χ3v) is 6.35. The number of alkyl halides is 1. The fourth-order valence-corrected chi connectivity index (χ4v) is 4.80. The van der Waals surface area contributed by atoms with Gasteiger partial charge in [0.2, 0.25) is 0 Å². The second kappa shape index (κ2) is 5.50. The number of nitrogens with zero attached hydrogens (tertiary/aromatic N) is 1. The first-order chi connectivity index (χ1) is 10.1. The molecule has 0 unspecified atom stereocenters. The second-order valence-corrected chi connectivity index (χ2v) is 7.45. The van der Waals surface area contributed by atoms with E-state index in [4.69, 9.17) is 0 Å². The molecule has 0 fully saturated rings. The molecule has 0 saturated heterocycles. The first-order valence-electron chi connectivity index (χ1n) is 6.33. The summed E-state index contributed by atoms with van der Waals surface area (Å²) in [6.07, 6.45) is 1.74. The third-order valence-electron chi connectivity index (χ3n) is 3.16. The lowest BCUT2D eigenvalue weighted by Gasteiger charge is -2.23. The lowest BCUT2D eigenvalue weighted by Crippen LogP contribution is -2.32. The number of aromatic amines is 1. The molecule has 7 heteroatoms. The highest BCUT2D eigenvalue weighted by Crippen LogP contribution is 2.31. The van der Waals surface area contributed by atoms with Crippen LogP contribution in [-0.4, -0.2) is 26.6 Å². The molecule has 1 aromatic carbocycles. The molecule has 0 spiro atoms. The highest BCUT2D eigenvalue weighted by Gasteiger charge is 2.27. The van der Waals surface area contributed by atoms with Gasteiger partial charge in [0.1, 0.15) is 10.9 Å². The molecule has 0 bridgehead atoms. The molecule has 2 heterocycles. The summed E-state index contributed by atoms with van der Waals surface area (Å²) in [5.74, 6) is 0. The van der Waals surface area contributed by atoms with Gasteiger partial charge >= 0.3 is 0 Å². The van der Waals surface area contributed by atoms with Crippen molar-refractivity contribution in [1.29, 1.82) is 0 Å². The van der Waals surface area contributed by atoms with Crippen LogP contribution in [0.15, 0.2) is 52.2 Å². The maximum absolute atomic E-state index is 12.9. The largest absolute Gasteiger partial charge is 0.359 e. The number of hydrogen-bond donors (Lipinski definition) is 1. The zero-order valence-corrected chi connectivity index (χ0v) is 12.6. The number of thiophene rings is 1. The number of anilines is 1. The highest BCUT2D eigenvalue weighted by atomic mass is 32.2. The van der Waals surface area contributed by atoms with E-state index in [1.807, 2.05) is 12.1 Å². The topological polar surface area (TPSA) is 53.2 Å². The Morgan fingerprint density at radius 1 is 1.19 bits per heavy atom. The standard InChI is InChI=1S/C14H13FN2O2S2/c15-7-9-17(21(18,19)13-5-2-10-20-13)12-4-1-3-11-6-8-16-14(11)12/h1-6,8,10,16H,7,9H2. The van der Waals surface area contributed by atoms with Crippen LogP contribution in [0.1, 0.15) is 0 Å². The summed E-state index contributed by atoms with van der Waals surface area (Å²) >= 11 is 1.12. The molecule has 1 N–H and O–H groups in total. The number of rotatable bonds is 5. The average Bonchev–Trinajstić information content (AvgIpc) is 3.14. The summed E-state index contributed by atoms with van der Waals surface area (Å²) in [7, 11) is -3.75. The summed E-state index contributed by atoms with van der Waals surface area (Å²) in [5, 5.41) is 2.58. The van der Waals surface area contributed by atoms with Crippen LogP contribution in [0.4, 0.5) is 10.1 Å². The van der Waals surface area contributed by atoms with Crippen LogP contribution >= 0.6 is 11.3 Å². The van der Waals surface area contributed by atoms with E-state index in [9.17, 15) is 12.8 Å². The normalized spacial score (nSPS) is 11.9. The summed E-state index contributed by atoms with van der Waals surface area (Å²) in [6.45, 7) is -0.958. The summed E-state index contributed by atoms with van der Waals surface area (Å²) in [4.78, 5) is 3.02. The Morgan fingerprint density at radius 3 is 2.76 bits per heavy atom. The van der Waals surface area contributed by atoms with Gasteiger partial charge in [-0.2, -0.15) is 0 Å². The fraction of sp³-hybridized carbons (Fsp3) is 0.143. The Balaban J connectivity index is 2.17. The maximum atomic E-state index is 12.9. The zero-order valence-electron chi connectivity index (χ0n) is 11.0. The summed E-state index contributed by atoms with van der Waals surface area (Å²) < 4.78 is 39.7. The predicted molar refractivity (Wildman–Crippen MR) is 83.1 cm³/mol. The second-order valence-electron chi connectivity index (χ2n) is 4.42. The molecule has 110 valence electrons. The van der Waals surface area contributed by atoms with Crippen molar-refractivity contribution in [3.05, 3.63) is 48.0 Å². The number of nitrogens with one attached hydrogen (secondary N) is 1. The molecule has 0 atom stereocenters. The van der Waals surface area contributed by atoms with Crippen molar-refractivity contribution in [2.24, 2.45) is 0 Å². The van der Waals surface area contributed by atoms with E-state index >= 15 is 0 Å². The van der Waals surface area contributed by atoms with Crippen LogP contribution in [0.2, 0.25) is 0 Å².